The normalized spacial score (nSPS) is 10.8. The molecule has 0 aliphatic carbocycles. The van der Waals surface area contributed by atoms with Gasteiger partial charge in [0.15, 0.2) is 11.0 Å². The minimum Gasteiger partial charge on any atom is -0.336 e. The minimum atomic E-state index is -0.516. The number of nitrogens with zero attached hydrogens (tertiary/aromatic N) is 3. The highest BCUT2D eigenvalue weighted by Gasteiger charge is 2.19. The molecule has 156 valence electrons. The van der Waals surface area contributed by atoms with Crippen LogP contribution in [0.3, 0.4) is 0 Å². The van der Waals surface area contributed by atoms with Gasteiger partial charge in [0.25, 0.3) is 0 Å². The van der Waals surface area contributed by atoms with Crippen molar-refractivity contribution in [1.29, 1.82) is 0 Å². The number of urea groups is 1. The van der Waals surface area contributed by atoms with Gasteiger partial charge in [-0.25, -0.2) is 4.79 Å². The number of aromatic nitrogens is 3. The van der Waals surface area contributed by atoms with Crippen molar-refractivity contribution in [1.82, 2.24) is 25.4 Å². The molecule has 0 unspecified atom stereocenters. The maximum absolute atomic E-state index is 12.2. The first kappa shape index (κ1) is 21.9. The van der Waals surface area contributed by atoms with Crippen LogP contribution in [-0.4, -0.2) is 38.5 Å². The van der Waals surface area contributed by atoms with E-state index < -0.39 is 11.9 Å². The Labute approximate surface area is 184 Å². The molecule has 2 aromatic carbocycles. The number of carbonyl (C=O) groups is 2. The van der Waals surface area contributed by atoms with Crippen LogP contribution in [0.25, 0.3) is 17.1 Å². The SMILES string of the molecule is Cc1ccccc1-n1c(SCC(=O)NC(=O)NC(C)C)nnc1-c1ccc(Cl)cc1. The van der Waals surface area contributed by atoms with E-state index in [-0.39, 0.29) is 11.8 Å². The van der Waals surface area contributed by atoms with E-state index in [1.54, 1.807) is 12.1 Å². The van der Waals surface area contributed by atoms with Gasteiger partial charge in [0.1, 0.15) is 0 Å². The average molecular weight is 444 g/mol. The number of thioether (sulfide) groups is 1. The van der Waals surface area contributed by atoms with Crippen LogP contribution in [-0.2, 0) is 4.79 Å². The topological polar surface area (TPSA) is 88.9 Å². The van der Waals surface area contributed by atoms with E-state index >= 15 is 0 Å². The third-order valence-corrected chi connectivity index (χ3v) is 5.28. The number of hydrogen-bond donors (Lipinski definition) is 2. The average Bonchev–Trinajstić information content (AvgIpc) is 3.10. The number of para-hydroxylation sites is 1. The second-order valence-electron chi connectivity index (χ2n) is 6.90. The smallest absolute Gasteiger partial charge is 0.321 e. The fourth-order valence-corrected chi connectivity index (χ4v) is 3.64. The molecular formula is C21H22ClN5O2S. The number of nitrogens with one attached hydrogen (secondary N) is 2. The van der Waals surface area contributed by atoms with Crippen LogP contribution in [0.15, 0.2) is 53.7 Å². The van der Waals surface area contributed by atoms with Gasteiger partial charge in [-0.3, -0.25) is 14.7 Å². The predicted molar refractivity (Wildman–Crippen MR) is 119 cm³/mol. The van der Waals surface area contributed by atoms with Gasteiger partial charge in [0.05, 0.1) is 11.4 Å². The number of hydrogen-bond acceptors (Lipinski definition) is 5. The molecule has 9 heteroatoms. The summed E-state index contributed by atoms with van der Waals surface area (Å²) in [5.74, 6) is 0.253. The van der Waals surface area contributed by atoms with Crippen molar-refractivity contribution in [3.8, 4) is 17.1 Å². The van der Waals surface area contributed by atoms with E-state index in [0.717, 1.165) is 16.8 Å². The zero-order chi connectivity index (χ0) is 21.7. The highest BCUT2D eigenvalue weighted by Crippen LogP contribution is 2.30. The number of carbonyl (C=O) groups excluding carboxylic acids is 2. The number of imide groups is 1. The van der Waals surface area contributed by atoms with Crippen LogP contribution in [0.4, 0.5) is 4.79 Å². The van der Waals surface area contributed by atoms with Crippen molar-refractivity contribution in [2.45, 2.75) is 32.0 Å². The fourth-order valence-electron chi connectivity index (χ4n) is 2.77. The largest absolute Gasteiger partial charge is 0.336 e. The molecule has 3 rings (SSSR count). The monoisotopic (exact) mass is 443 g/mol. The van der Waals surface area contributed by atoms with Crippen LogP contribution >= 0.6 is 23.4 Å². The molecule has 0 saturated carbocycles. The molecule has 3 amide bonds. The Morgan fingerprint density at radius 2 is 1.80 bits per heavy atom. The Kier molecular flexibility index (Phi) is 7.12. The first-order chi connectivity index (χ1) is 14.3. The van der Waals surface area contributed by atoms with Gasteiger partial charge >= 0.3 is 6.03 Å². The molecule has 0 atom stereocenters. The molecule has 2 N–H and O–H groups in total. The Hall–Kier alpha value is -2.84. The molecule has 1 aromatic heterocycles. The third-order valence-electron chi connectivity index (χ3n) is 4.10. The first-order valence-corrected chi connectivity index (χ1v) is 10.7. The summed E-state index contributed by atoms with van der Waals surface area (Å²) in [4.78, 5) is 23.9. The molecule has 0 spiro atoms. The van der Waals surface area contributed by atoms with E-state index in [1.165, 1.54) is 11.8 Å². The number of aryl methyl sites for hydroxylation is 1. The Morgan fingerprint density at radius 1 is 1.10 bits per heavy atom. The number of halogens is 1. The molecule has 1 heterocycles. The summed E-state index contributed by atoms with van der Waals surface area (Å²) in [7, 11) is 0. The lowest BCUT2D eigenvalue weighted by atomic mass is 10.1. The van der Waals surface area contributed by atoms with E-state index in [1.807, 2.05) is 61.7 Å². The van der Waals surface area contributed by atoms with E-state index in [2.05, 4.69) is 20.8 Å². The van der Waals surface area contributed by atoms with Gasteiger partial charge < -0.3 is 5.32 Å². The third kappa shape index (κ3) is 5.40. The maximum Gasteiger partial charge on any atom is 0.321 e. The van der Waals surface area contributed by atoms with Gasteiger partial charge in [-0.05, 0) is 56.7 Å². The van der Waals surface area contributed by atoms with Crippen molar-refractivity contribution in [2.24, 2.45) is 0 Å². The molecular weight excluding hydrogens is 422 g/mol. The Morgan fingerprint density at radius 3 is 2.47 bits per heavy atom. The first-order valence-electron chi connectivity index (χ1n) is 9.35. The Bertz CT molecular complexity index is 1050. The molecule has 0 aliphatic rings. The molecule has 0 bridgehead atoms. The summed E-state index contributed by atoms with van der Waals surface area (Å²) in [6.45, 7) is 5.64. The van der Waals surface area contributed by atoms with Gasteiger partial charge in [0.2, 0.25) is 5.91 Å². The summed E-state index contributed by atoms with van der Waals surface area (Å²) >= 11 is 7.23. The standard InChI is InChI=1S/C21H22ClN5O2S/c1-13(2)23-20(29)24-18(28)12-30-21-26-25-19(15-8-10-16(22)11-9-15)27(21)17-7-5-4-6-14(17)3/h4-11,13H,12H2,1-3H3,(H2,23,24,28,29). The van der Waals surface area contributed by atoms with Crippen molar-refractivity contribution >= 4 is 35.3 Å². The summed E-state index contributed by atoms with van der Waals surface area (Å²) in [6, 6.07) is 14.6. The number of amides is 3. The van der Waals surface area contributed by atoms with Crippen molar-refractivity contribution < 1.29 is 9.59 Å². The second kappa shape index (κ2) is 9.77. The van der Waals surface area contributed by atoms with Gasteiger partial charge in [-0.15, -0.1) is 10.2 Å². The summed E-state index contributed by atoms with van der Waals surface area (Å²) < 4.78 is 1.91. The van der Waals surface area contributed by atoms with Crippen molar-refractivity contribution in [2.75, 3.05) is 5.75 Å². The number of benzene rings is 2. The van der Waals surface area contributed by atoms with Crippen LogP contribution in [0.1, 0.15) is 19.4 Å². The molecule has 0 radical (unpaired) electrons. The summed E-state index contributed by atoms with van der Waals surface area (Å²) in [6.07, 6.45) is 0. The van der Waals surface area contributed by atoms with Gasteiger partial charge in [-0.2, -0.15) is 0 Å². The van der Waals surface area contributed by atoms with Crippen LogP contribution < -0.4 is 10.6 Å². The molecule has 0 saturated heterocycles. The molecule has 7 nitrogen and oxygen atoms in total. The highest BCUT2D eigenvalue weighted by molar-refractivity contribution is 7.99. The molecule has 3 aromatic rings. The van der Waals surface area contributed by atoms with Crippen LogP contribution in [0, 0.1) is 6.92 Å². The molecule has 0 aliphatic heterocycles. The Balaban J connectivity index is 1.88. The van der Waals surface area contributed by atoms with Gasteiger partial charge in [-0.1, -0.05) is 41.6 Å². The maximum atomic E-state index is 12.2. The molecule has 0 fully saturated rings. The summed E-state index contributed by atoms with van der Waals surface area (Å²) in [5, 5.41) is 14.8. The fraction of sp³-hybridized carbons (Fsp3) is 0.238. The van der Waals surface area contributed by atoms with E-state index in [9.17, 15) is 9.59 Å². The van der Waals surface area contributed by atoms with Crippen LogP contribution in [0.5, 0.6) is 0 Å². The lowest BCUT2D eigenvalue weighted by Gasteiger charge is -2.13. The lowest BCUT2D eigenvalue weighted by molar-refractivity contribution is -0.117. The van der Waals surface area contributed by atoms with Gasteiger partial charge in [0, 0.05) is 16.6 Å². The number of rotatable bonds is 6. The zero-order valence-corrected chi connectivity index (χ0v) is 18.4. The zero-order valence-electron chi connectivity index (χ0n) is 16.8. The lowest BCUT2D eigenvalue weighted by Crippen LogP contribution is -2.43. The quantitative estimate of drug-likeness (QED) is 0.557. The molecule has 30 heavy (non-hydrogen) atoms. The minimum absolute atomic E-state index is 0.0240. The highest BCUT2D eigenvalue weighted by atomic mass is 35.5. The van der Waals surface area contributed by atoms with Crippen LogP contribution in [0.2, 0.25) is 5.02 Å². The van der Waals surface area contributed by atoms with Crippen molar-refractivity contribution in [3.05, 3.63) is 59.1 Å². The summed E-state index contributed by atoms with van der Waals surface area (Å²) in [5.41, 5.74) is 2.80. The predicted octanol–water partition coefficient (Wildman–Crippen LogP) is 4.22. The van der Waals surface area contributed by atoms with Crippen molar-refractivity contribution in [3.63, 3.8) is 0 Å². The van der Waals surface area contributed by atoms with E-state index in [4.69, 9.17) is 11.6 Å². The second-order valence-corrected chi connectivity index (χ2v) is 8.28. The van der Waals surface area contributed by atoms with E-state index in [0.29, 0.717) is 16.0 Å².